The highest BCUT2D eigenvalue weighted by Crippen LogP contribution is 2.31. The molecule has 0 radical (unpaired) electrons. The molecule has 0 bridgehead atoms. The number of carboxylic acids is 1. The number of aliphatic carboxylic acids is 1. The number of carbonyl (C=O) groups excluding carboxylic acids is 1. The number of halogens is 1. The van der Waals surface area contributed by atoms with E-state index in [2.05, 4.69) is 21.2 Å². The number of sulfonamides is 1. The van der Waals surface area contributed by atoms with Gasteiger partial charge in [0, 0.05) is 33.6 Å². The van der Waals surface area contributed by atoms with E-state index >= 15 is 0 Å². The zero-order valence-corrected chi connectivity index (χ0v) is 25.0. The standard InChI is InChI=1S/C29H33FN6O6S/c1-6-17-36(43(40,41)23-15-11-21(30)12-16-23)25-19-31-28(35(7-2)8-3)33-26(25)32-24(27(37)38)18-20-9-13-22(14-10-20)42-29(39)34(4)5/h1,9-16,19,24H,7-8,17-18H2,2-5H3,(H,37,38)(H,31,32,33). The van der Waals surface area contributed by atoms with Gasteiger partial charge in [0.2, 0.25) is 5.95 Å². The first-order chi connectivity index (χ1) is 20.4. The lowest BCUT2D eigenvalue weighted by Crippen LogP contribution is -2.36. The van der Waals surface area contributed by atoms with Gasteiger partial charge in [-0.3, -0.25) is 0 Å². The van der Waals surface area contributed by atoms with E-state index in [1.54, 1.807) is 31.1 Å². The molecule has 2 N–H and O–H groups in total. The second kappa shape index (κ2) is 14.3. The smallest absolute Gasteiger partial charge is 0.414 e. The molecule has 12 nitrogen and oxygen atoms in total. The second-order valence-electron chi connectivity index (χ2n) is 9.39. The summed E-state index contributed by atoms with van der Waals surface area (Å²) in [5.74, 6) is 0.890. The van der Waals surface area contributed by atoms with Gasteiger partial charge in [-0.2, -0.15) is 4.98 Å². The van der Waals surface area contributed by atoms with Gasteiger partial charge in [-0.1, -0.05) is 18.1 Å². The van der Waals surface area contributed by atoms with Crippen LogP contribution in [0.2, 0.25) is 0 Å². The summed E-state index contributed by atoms with van der Waals surface area (Å²) >= 11 is 0. The number of terminal acetylenes is 1. The third-order valence-corrected chi connectivity index (χ3v) is 8.02. The van der Waals surface area contributed by atoms with E-state index < -0.39 is 40.5 Å². The lowest BCUT2D eigenvalue weighted by molar-refractivity contribution is -0.137. The SMILES string of the molecule is C#CCN(c1cnc(N(CC)CC)nc1NC(Cc1ccc(OC(=O)N(C)C)cc1)C(=O)O)S(=O)(=O)c1ccc(F)cc1. The van der Waals surface area contributed by atoms with Crippen LogP contribution in [0.3, 0.4) is 0 Å². The van der Waals surface area contributed by atoms with Gasteiger partial charge in [0.15, 0.2) is 5.82 Å². The third kappa shape index (κ3) is 8.10. The zero-order valence-electron chi connectivity index (χ0n) is 24.2. The molecule has 3 rings (SSSR count). The Kier molecular flexibility index (Phi) is 10.9. The Morgan fingerprint density at radius 3 is 2.26 bits per heavy atom. The number of hydrogen-bond donors (Lipinski definition) is 2. The van der Waals surface area contributed by atoms with Gasteiger partial charge in [0.05, 0.1) is 17.6 Å². The summed E-state index contributed by atoms with van der Waals surface area (Å²) < 4.78 is 46.9. The summed E-state index contributed by atoms with van der Waals surface area (Å²) in [4.78, 5) is 35.9. The molecule has 0 aliphatic carbocycles. The number of nitrogens with zero attached hydrogens (tertiary/aromatic N) is 5. The van der Waals surface area contributed by atoms with Crippen molar-refractivity contribution < 1.29 is 32.2 Å². The first kappa shape index (κ1) is 32.6. The molecular formula is C29H33FN6O6S. The van der Waals surface area contributed by atoms with Gasteiger partial charge in [-0.25, -0.2) is 31.7 Å². The molecule has 1 unspecified atom stereocenters. The van der Waals surface area contributed by atoms with Gasteiger partial charge in [0.25, 0.3) is 10.0 Å². The topological polar surface area (TPSA) is 145 Å². The van der Waals surface area contributed by atoms with Crippen LogP contribution in [0.15, 0.2) is 59.6 Å². The van der Waals surface area contributed by atoms with Gasteiger partial charge in [0.1, 0.15) is 23.3 Å². The fourth-order valence-corrected chi connectivity index (χ4v) is 5.29. The number of ether oxygens (including phenoxy) is 1. The van der Waals surface area contributed by atoms with Crippen LogP contribution in [0, 0.1) is 18.2 Å². The van der Waals surface area contributed by atoms with E-state index in [1.807, 2.05) is 13.8 Å². The van der Waals surface area contributed by atoms with Crippen LogP contribution in [0.1, 0.15) is 19.4 Å². The van der Waals surface area contributed by atoms with Crippen LogP contribution in [0.25, 0.3) is 0 Å². The molecule has 1 heterocycles. The maximum absolute atomic E-state index is 13.6. The number of anilines is 3. The number of hydrogen-bond acceptors (Lipinski definition) is 9. The summed E-state index contributed by atoms with van der Waals surface area (Å²) in [6.07, 6.45) is 6.19. The van der Waals surface area contributed by atoms with Crippen molar-refractivity contribution in [3.8, 4) is 18.1 Å². The van der Waals surface area contributed by atoms with Crippen molar-refractivity contribution in [1.29, 1.82) is 0 Å². The largest absolute Gasteiger partial charge is 0.480 e. The maximum atomic E-state index is 13.6. The summed E-state index contributed by atoms with van der Waals surface area (Å²) in [5, 5.41) is 13.0. The van der Waals surface area contributed by atoms with Crippen LogP contribution in [0.5, 0.6) is 5.75 Å². The number of aromatic nitrogens is 2. The Labute approximate surface area is 250 Å². The highest BCUT2D eigenvalue weighted by Gasteiger charge is 2.30. The van der Waals surface area contributed by atoms with Crippen LogP contribution in [-0.2, 0) is 21.2 Å². The Morgan fingerprint density at radius 1 is 1.09 bits per heavy atom. The van der Waals surface area contributed by atoms with Crippen molar-refractivity contribution in [3.05, 3.63) is 66.1 Å². The first-order valence-electron chi connectivity index (χ1n) is 13.2. The minimum Gasteiger partial charge on any atom is -0.480 e. The molecule has 228 valence electrons. The van der Waals surface area contributed by atoms with Gasteiger partial charge < -0.3 is 25.0 Å². The number of benzene rings is 2. The Bertz CT molecular complexity index is 1570. The predicted octanol–water partition coefficient (Wildman–Crippen LogP) is 3.46. The van der Waals surface area contributed by atoms with Crippen LogP contribution in [0.4, 0.5) is 26.6 Å². The average Bonchev–Trinajstić information content (AvgIpc) is 2.97. The molecule has 1 atom stereocenters. The molecule has 1 aromatic heterocycles. The molecule has 0 aliphatic rings. The molecular weight excluding hydrogens is 579 g/mol. The molecule has 3 aromatic rings. The molecule has 0 saturated carbocycles. The predicted molar refractivity (Wildman–Crippen MR) is 160 cm³/mol. The number of rotatable bonds is 13. The van der Waals surface area contributed by atoms with E-state index in [1.165, 1.54) is 23.2 Å². The average molecular weight is 613 g/mol. The fourth-order valence-electron chi connectivity index (χ4n) is 3.92. The Morgan fingerprint density at radius 2 is 1.72 bits per heavy atom. The highest BCUT2D eigenvalue weighted by atomic mass is 32.2. The molecule has 2 aromatic carbocycles. The lowest BCUT2D eigenvalue weighted by atomic mass is 10.1. The van der Waals surface area contributed by atoms with Crippen LogP contribution < -0.4 is 19.3 Å². The molecule has 43 heavy (non-hydrogen) atoms. The van der Waals surface area contributed by atoms with E-state index in [9.17, 15) is 27.5 Å². The van der Waals surface area contributed by atoms with Crippen molar-refractivity contribution in [2.75, 3.05) is 48.3 Å². The third-order valence-electron chi connectivity index (χ3n) is 6.25. The molecule has 0 fully saturated rings. The lowest BCUT2D eigenvalue weighted by Gasteiger charge is -2.27. The number of amides is 1. The van der Waals surface area contributed by atoms with E-state index in [-0.39, 0.29) is 34.5 Å². The quantitative estimate of drug-likeness (QED) is 0.275. The normalized spacial score (nSPS) is 11.6. The second-order valence-corrected chi connectivity index (χ2v) is 11.3. The van der Waals surface area contributed by atoms with Crippen molar-refractivity contribution in [2.24, 2.45) is 0 Å². The molecule has 0 aliphatic heterocycles. The highest BCUT2D eigenvalue weighted by molar-refractivity contribution is 7.92. The minimum atomic E-state index is -4.34. The summed E-state index contributed by atoms with van der Waals surface area (Å²) in [5.41, 5.74) is 0.499. The minimum absolute atomic E-state index is 0.0405. The number of nitrogens with one attached hydrogen (secondary N) is 1. The fraction of sp³-hybridized carbons (Fsp3) is 0.310. The van der Waals surface area contributed by atoms with Gasteiger partial charge in [-0.05, 0) is 55.8 Å². The van der Waals surface area contributed by atoms with E-state index in [0.717, 1.165) is 28.6 Å². The van der Waals surface area contributed by atoms with E-state index in [0.29, 0.717) is 18.7 Å². The molecule has 14 heteroatoms. The van der Waals surface area contributed by atoms with Gasteiger partial charge in [-0.15, -0.1) is 6.42 Å². The van der Waals surface area contributed by atoms with Crippen LogP contribution >= 0.6 is 0 Å². The van der Waals surface area contributed by atoms with Crippen molar-refractivity contribution in [3.63, 3.8) is 0 Å². The Balaban J connectivity index is 2.04. The monoisotopic (exact) mass is 612 g/mol. The summed E-state index contributed by atoms with van der Waals surface area (Å²) in [7, 11) is -1.25. The molecule has 0 spiro atoms. The van der Waals surface area contributed by atoms with Crippen LogP contribution in [-0.4, -0.2) is 80.2 Å². The summed E-state index contributed by atoms with van der Waals surface area (Å²) in [6.45, 7) is 4.40. The molecule has 0 saturated heterocycles. The Hall–Kier alpha value is -4.90. The maximum Gasteiger partial charge on any atom is 0.414 e. The zero-order chi connectivity index (χ0) is 31.7. The van der Waals surface area contributed by atoms with Gasteiger partial charge >= 0.3 is 12.1 Å². The van der Waals surface area contributed by atoms with Crippen molar-refractivity contribution in [2.45, 2.75) is 31.2 Å². The molecule has 1 amide bonds. The number of carboxylic acid groups (broad SMARTS) is 1. The van der Waals surface area contributed by atoms with Crippen molar-refractivity contribution in [1.82, 2.24) is 14.9 Å². The van der Waals surface area contributed by atoms with Crippen molar-refractivity contribution >= 4 is 39.5 Å². The summed E-state index contributed by atoms with van der Waals surface area (Å²) in [6, 6.07) is 9.25. The first-order valence-corrected chi connectivity index (χ1v) is 14.7. The number of carbonyl (C=O) groups is 2. The van der Waals surface area contributed by atoms with E-state index in [4.69, 9.17) is 11.2 Å².